The molecule has 0 spiro atoms. The first kappa shape index (κ1) is 23.6. The van der Waals surface area contributed by atoms with Gasteiger partial charge in [-0.15, -0.1) is 0 Å². The number of anilines is 2. The van der Waals surface area contributed by atoms with Gasteiger partial charge in [0, 0.05) is 61.3 Å². The Bertz CT molecular complexity index is 1330. The highest BCUT2D eigenvalue weighted by Crippen LogP contribution is 2.33. The minimum Gasteiger partial charge on any atom is -0.398 e. The number of nitrogens with one attached hydrogen (secondary N) is 2. The van der Waals surface area contributed by atoms with Crippen molar-refractivity contribution >= 4 is 63.0 Å². The number of rotatable bonds is 3. The topological polar surface area (TPSA) is 113 Å². The fraction of sp³-hybridized carbons (Fsp3) is 0.208. The number of pyridine rings is 2. The Morgan fingerprint density at radius 3 is 2.88 bits per heavy atom. The molecule has 0 atom stereocenters. The van der Waals surface area contributed by atoms with Crippen molar-refractivity contribution in [1.82, 2.24) is 20.2 Å². The van der Waals surface area contributed by atoms with Gasteiger partial charge in [0.25, 0.3) is 0 Å². The lowest BCUT2D eigenvalue weighted by molar-refractivity contribution is -0.119. The lowest BCUT2D eigenvalue weighted by atomic mass is 10.0. The van der Waals surface area contributed by atoms with Crippen LogP contribution in [0.15, 0.2) is 54.5 Å². The van der Waals surface area contributed by atoms with E-state index in [0.717, 1.165) is 27.5 Å². The van der Waals surface area contributed by atoms with E-state index in [1.165, 1.54) is 6.08 Å². The number of halogens is 1. The Morgan fingerprint density at radius 2 is 2.09 bits per heavy atom. The molecule has 4 N–H and O–H groups in total. The van der Waals surface area contributed by atoms with Crippen molar-refractivity contribution in [3.63, 3.8) is 0 Å². The smallest absolute Gasteiger partial charge is 0.249 e. The summed E-state index contributed by atoms with van der Waals surface area (Å²) in [6.45, 7) is 0.603. The van der Waals surface area contributed by atoms with Crippen LogP contribution in [0.3, 0.4) is 0 Å². The zero-order chi connectivity index (χ0) is 24.2. The molecule has 1 aromatic carbocycles. The maximum Gasteiger partial charge on any atom is 0.249 e. The quantitative estimate of drug-likeness (QED) is 0.287. The Kier molecular flexibility index (Phi) is 7.04. The number of fused-ring (bicyclic) bond motifs is 1. The first-order valence-corrected chi connectivity index (χ1v) is 11.4. The maximum absolute atomic E-state index is 12.7. The van der Waals surface area contributed by atoms with Crippen molar-refractivity contribution in [3.05, 3.63) is 59.5 Å². The molecule has 1 fully saturated rings. The molecule has 3 aromatic rings. The molecular weight excluding hydrogens is 472 g/mol. The molecular formula is C24H23ClN6O2S. The van der Waals surface area contributed by atoms with Crippen molar-refractivity contribution in [3.8, 4) is 11.1 Å². The predicted molar refractivity (Wildman–Crippen MR) is 138 cm³/mol. The Morgan fingerprint density at radius 1 is 1.26 bits per heavy atom. The summed E-state index contributed by atoms with van der Waals surface area (Å²) in [4.78, 5) is 35.0. The van der Waals surface area contributed by atoms with Crippen molar-refractivity contribution < 1.29 is 9.59 Å². The SMILES string of the molecule is CN1CC/C(=C/C(=O)Nc2cc3cc(-c4cnccc4Cl)cc(N)c3cn2)CCC(=O)NC1=S. The molecule has 8 nitrogen and oxygen atoms in total. The molecule has 174 valence electrons. The van der Waals surface area contributed by atoms with Crippen LogP contribution in [0.5, 0.6) is 0 Å². The second-order valence-corrected chi connectivity index (χ2v) is 8.82. The molecule has 34 heavy (non-hydrogen) atoms. The van der Waals surface area contributed by atoms with Crippen molar-refractivity contribution in [2.24, 2.45) is 0 Å². The molecule has 10 heteroatoms. The molecule has 0 unspecified atom stereocenters. The Balaban J connectivity index is 1.56. The Hall–Kier alpha value is -3.56. The van der Waals surface area contributed by atoms with Gasteiger partial charge in [0.15, 0.2) is 5.11 Å². The average Bonchev–Trinajstić information content (AvgIpc) is 2.85. The number of nitrogens with zero attached hydrogens (tertiary/aromatic N) is 3. The highest BCUT2D eigenvalue weighted by atomic mass is 35.5. The van der Waals surface area contributed by atoms with E-state index in [9.17, 15) is 9.59 Å². The molecule has 4 rings (SSSR count). The summed E-state index contributed by atoms with van der Waals surface area (Å²) >= 11 is 11.5. The summed E-state index contributed by atoms with van der Waals surface area (Å²) in [6.07, 6.45) is 7.83. The van der Waals surface area contributed by atoms with Crippen LogP contribution in [0.25, 0.3) is 21.9 Å². The third-order valence-corrected chi connectivity index (χ3v) is 6.31. The van der Waals surface area contributed by atoms with Gasteiger partial charge in [-0.05, 0) is 60.3 Å². The number of nitrogens with two attached hydrogens (primary N) is 1. The second-order valence-electron chi connectivity index (χ2n) is 8.03. The van der Waals surface area contributed by atoms with Gasteiger partial charge in [-0.2, -0.15) is 0 Å². The maximum atomic E-state index is 12.7. The van der Waals surface area contributed by atoms with Gasteiger partial charge in [0.2, 0.25) is 11.8 Å². The van der Waals surface area contributed by atoms with Gasteiger partial charge in [-0.25, -0.2) is 4.98 Å². The van der Waals surface area contributed by atoms with E-state index in [0.29, 0.717) is 41.0 Å². The summed E-state index contributed by atoms with van der Waals surface area (Å²) in [7, 11) is 1.81. The number of aromatic nitrogens is 2. The van der Waals surface area contributed by atoms with Gasteiger partial charge >= 0.3 is 0 Å². The van der Waals surface area contributed by atoms with E-state index in [4.69, 9.17) is 29.6 Å². The van der Waals surface area contributed by atoms with Crippen LogP contribution in [0.4, 0.5) is 11.5 Å². The summed E-state index contributed by atoms with van der Waals surface area (Å²) in [5.41, 5.74) is 9.24. The molecule has 2 aromatic heterocycles. The summed E-state index contributed by atoms with van der Waals surface area (Å²) in [6, 6.07) is 7.24. The summed E-state index contributed by atoms with van der Waals surface area (Å²) < 4.78 is 0. The van der Waals surface area contributed by atoms with Crippen LogP contribution >= 0.6 is 23.8 Å². The van der Waals surface area contributed by atoms with Crippen LogP contribution in [0.1, 0.15) is 19.3 Å². The minimum absolute atomic E-state index is 0.164. The fourth-order valence-electron chi connectivity index (χ4n) is 3.68. The normalized spacial score (nSPS) is 16.1. The summed E-state index contributed by atoms with van der Waals surface area (Å²) in [5.74, 6) is -0.0863. The molecule has 0 bridgehead atoms. The molecule has 0 saturated carbocycles. The van der Waals surface area contributed by atoms with Crippen molar-refractivity contribution in [2.45, 2.75) is 19.3 Å². The van der Waals surface area contributed by atoms with Crippen molar-refractivity contribution in [2.75, 3.05) is 24.6 Å². The second kappa shape index (κ2) is 10.1. The van der Waals surface area contributed by atoms with Gasteiger partial charge in [0.1, 0.15) is 5.82 Å². The van der Waals surface area contributed by atoms with E-state index in [2.05, 4.69) is 20.6 Å². The number of amides is 2. The monoisotopic (exact) mass is 494 g/mol. The largest absolute Gasteiger partial charge is 0.398 e. The van der Waals surface area contributed by atoms with Crippen LogP contribution < -0.4 is 16.4 Å². The third kappa shape index (κ3) is 5.49. The van der Waals surface area contributed by atoms with E-state index in [-0.39, 0.29) is 18.2 Å². The lowest BCUT2D eigenvalue weighted by Crippen LogP contribution is -2.40. The molecule has 1 saturated heterocycles. The number of carbonyl (C=O) groups is 2. The van der Waals surface area contributed by atoms with Crippen LogP contribution in [-0.4, -0.2) is 45.4 Å². The molecule has 1 aliphatic heterocycles. The first-order valence-electron chi connectivity index (χ1n) is 10.6. The van der Waals surface area contributed by atoms with E-state index in [1.807, 2.05) is 19.2 Å². The number of carbonyl (C=O) groups excluding carboxylic acids is 2. The van der Waals surface area contributed by atoms with Gasteiger partial charge in [0.05, 0.1) is 5.02 Å². The number of nitrogen functional groups attached to an aromatic ring is 1. The predicted octanol–water partition coefficient (Wildman–Crippen LogP) is 3.91. The highest BCUT2D eigenvalue weighted by molar-refractivity contribution is 7.80. The number of hydrogen-bond donors (Lipinski definition) is 3. The molecule has 0 radical (unpaired) electrons. The average molecular weight is 495 g/mol. The molecule has 1 aliphatic rings. The van der Waals surface area contributed by atoms with E-state index >= 15 is 0 Å². The van der Waals surface area contributed by atoms with Gasteiger partial charge < -0.3 is 21.3 Å². The molecule has 2 amide bonds. The minimum atomic E-state index is -0.314. The van der Waals surface area contributed by atoms with Gasteiger partial charge in [-0.3, -0.25) is 14.6 Å². The molecule has 3 heterocycles. The number of thiocarbonyl (C=S) groups is 1. The first-order chi connectivity index (χ1) is 16.3. The van der Waals surface area contributed by atoms with E-state index < -0.39 is 0 Å². The zero-order valence-corrected chi connectivity index (χ0v) is 20.0. The molecule has 0 aliphatic carbocycles. The number of benzene rings is 1. The zero-order valence-electron chi connectivity index (χ0n) is 18.5. The Labute approximate surface area is 207 Å². The number of hydrogen-bond acceptors (Lipinski definition) is 6. The highest BCUT2D eigenvalue weighted by Gasteiger charge is 2.15. The van der Waals surface area contributed by atoms with Crippen LogP contribution in [-0.2, 0) is 9.59 Å². The fourth-order valence-corrected chi connectivity index (χ4v) is 4.10. The third-order valence-electron chi connectivity index (χ3n) is 5.57. The van der Waals surface area contributed by atoms with Crippen molar-refractivity contribution in [1.29, 1.82) is 0 Å². The van der Waals surface area contributed by atoms with Gasteiger partial charge in [-0.1, -0.05) is 17.2 Å². The standard InChI is InChI=1S/C24H23ClN6O2S/c1-31-7-5-14(2-3-22(32)30-24(31)34)8-23(33)29-21-11-16-9-15(10-20(26)18(16)13-28-21)17-12-27-6-4-19(17)25/h4,6,8-13H,2-3,5,7,26H2,1H3,(H,28,29,33)(H,30,32,34)/b14-8+. The van der Waals surface area contributed by atoms with Crippen LogP contribution in [0, 0.1) is 0 Å². The van der Waals surface area contributed by atoms with Crippen LogP contribution in [0.2, 0.25) is 5.02 Å². The lowest BCUT2D eigenvalue weighted by Gasteiger charge is -2.18. The van der Waals surface area contributed by atoms with E-state index in [1.54, 1.807) is 35.6 Å². The summed E-state index contributed by atoms with van der Waals surface area (Å²) in [5, 5.41) is 8.02.